The molecule has 0 spiro atoms. The van der Waals surface area contributed by atoms with Crippen LogP contribution in [0.1, 0.15) is 28.8 Å². The van der Waals surface area contributed by atoms with Crippen LogP contribution in [-0.4, -0.2) is 42.1 Å². The van der Waals surface area contributed by atoms with Crippen LogP contribution in [0.2, 0.25) is 0 Å². The van der Waals surface area contributed by atoms with Gasteiger partial charge in [-0.05, 0) is 38.9 Å². The lowest BCUT2D eigenvalue weighted by atomic mass is 10.0. The van der Waals surface area contributed by atoms with Gasteiger partial charge in [0.2, 0.25) is 0 Å². The lowest BCUT2D eigenvalue weighted by Gasteiger charge is -2.32. The maximum atomic E-state index is 12.3. The van der Waals surface area contributed by atoms with E-state index >= 15 is 0 Å². The van der Waals surface area contributed by atoms with Crippen molar-refractivity contribution in [1.29, 1.82) is 0 Å². The average Bonchev–Trinajstić information content (AvgIpc) is 2.41. The maximum Gasteiger partial charge on any atom is 0.257 e. The molecule has 0 aromatic heterocycles. The van der Waals surface area contributed by atoms with Crippen LogP contribution >= 0.6 is 0 Å². The summed E-state index contributed by atoms with van der Waals surface area (Å²) < 4.78 is 0. The predicted octanol–water partition coefficient (Wildman–Crippen LogP) is 1.52. The van der Waals surface area contributed by atoms with Gasteiger partial charge >= 0.3 is 0 Å². The fourth-order valence-electron chi connectivity index (χ4n) is 2.36. The Balaban J connectivity index is 2.10. The van der Waals surface area contributed by atoms with Crippen LogP contribution < -0.4 is 5.32 Å². The molecule has 1 aliphatic rings. The van der Waals surface area contributed by atoms with Gasteiger partial charge in [-0.2, -0.15) is 0 Å². The maximum absolute atomic E-state index is 12.3. The lowest BCUT2D eigenvalue weighted by Crippen LogP contribution is -2.43. The predicted molar refractivity (Wildman–Crippen MR) is 70.8 cm³/mol. The van der Waals surface area contributed by atoms with Gasteiger partial charge < -0.3 is 15.3 Å². The third kappa shape index (κ3) is 2.64. The minimum absolute atomic E-state index is 0.0641. The van der Waals surface area contributed by atoms with Gasteiger partial charge in [0.15, 0.2) is 0 Å². The van der Waals surface area contributed by atoms with Crippen molar-refractivity contribution < 1.29 is 9.90 Å². The Morgan fingerprint density at radius 2 is 2.06 bits per heavy atom. The smallest absolute Gasteiger partial charge is 0.257 e. The highest BCUT2D eigenvalue weighted by Gasteiger charge is 2.24. The number of nitrogens with zero attached hydrogens (tertiary/aromatic N) is 1. The van der Waals surface area contributed by atoms with Crippen molar-refractivity contribution in [3.05, 3.63) is 29.3 Å². The Hall–Kier alpha value is -1.55. The Morgan fingerprint density at radius 3 is 2.67 bits per heavy atom. The quantitative estimate of drug-likeness (QED) is 0.834. The SMILES string of the molecule is CNC1CCN(C(=O)c2cc(C)ccc2O)CC1. The van der Waals surface area contributed by atoms with Crippen molar-refractivity contribution in [2.24, 2.45) is 0 Å². The number of rotatable bonds is 2. The highest BCUT2D eigenvalue weighted by molar-refractivity contribution is 5.97. The van der Waals surface area contributed by atoms with E-state index in [4.69, 9.17) is 0 Å². The number of amides is 1. The number of piperidine rings is 1. The molecule has 0 radical (unpaired) electrons. The number of benzene rings is 1. The Morgan fingerprint density at radius 1 is 1.39 bits per heavy atom. The average molecular weight is 248 g/mol. The lowest BCUT2D eigenvalue weighted by molar-refractivity contribution is 0.0704. The van der Waals surface area contributed by atoms with Crippen LogP contribution in [0.15, 0.2) is 18.2 Å². The fourth-order valence-corrected chi connectivity index (χ4v) is 2.36. The second kappa shape index (κ2) is 5.40. The second-order valence-corrected chi connectivity index (χ2v) is 4.88. The van der Waals surface area contributed by atoms with E-state index in [0.29, 0.717) is 11.6 Å². The number of likely N-dealkylation sites (tertiary alicyclic amines) is 1. The summed E-state index contributed by atoms with van der Waals surface area (Å²) in [5.74, 6) is 0.00657. The summed E-state index contributed by atoms with van der Waals surface area (Å²) in [6.07, 6.45) is 1.93. The summed E-state index contributed by atoms with van der Waals surface area (Å²) in [5, 5.41) is 13.0. The van der Waals surface area contributed by atoms with Crippen molar-refractivity contribution in [2.45, 2.75) is 25.8 Å². The number of hydrogen-bond acceptors (Lipinski definition) is 3. The first-order valence-corrected chi connectivity index (χ1v) is 6.38. The van der Waals surface area contributed by atoms with Gasteiger partial charge in [-0.15, -0.1) is 0 Å². The van der Waals surface area contributed by atoms with Crippen molar-refractivity contribution in [3.63, 3.8) is 0 Å². The van der Waals surface area contributed by atoms with E-state index < -0.39 is 0 Å². The molecule has 18 heavy (non-hydrogen) atoms. The standard InChI is InChI=1S/C14H20N2O2/c1-10-3-4-13(17)12(9-10)14(18)16-7-5-11(15-2)6-8-16/h3-4,9,11,15,17H,5-8H2,1-2H3. The molecule has 2 N–H and O–H groups in total. The van der Waals surface area contributed by atoms with Crippen molar-refractivity contribution in [2.75, 3.05) is 20.1 Å². The topological polar surface area (TPSA) is 52.6 Å². The molecule has 0 saturated carbocycles. The van der Waals surface area contributed by atoms with Gasteiger partial charge in [0.25, 0.3) is 5.91 Å². The Bertz CT molecular complexity index is 437. The van der Waals surface area contributed by atoms with E-state index in [1.807, 2.05) is 18.9 Å². The summed E-state index contributed by atoms with van der Waals surface area (Å²) in [7, 11) is 1.95. The van der Waals surface area contributed by atoms with Crippen LogP contribution in [0.4, 0.5) is 0 Å². The zero-order valence-corrected chi connectivity index (χ0v) is 10.9. The summed E-state index contributed by atoms with van der Waals surface area (Å²) >= 11 is 0. The van der Waals surface area contributed by atoms with Crippen LogP contribution in [-0.2, 0) is 0 Å². The molecule has 98 valence electrons. The van der Waals surface area contributed by atoms with Crippen LogP contribution in [0.5, 0.6) is 5.75 Å². The molecule has 1 amide bonds. The van der Waals surface area contributed by atoms with E-state index in [1.165, 1.54) is 0 Å². The summed E-state index contributed by atoms with van der Waals surface area (Å²) in [6, 6.07) is 5.64. The minimum Gasteiger partial charge on any atom is -0.507 e. The number of aryl methyl sites for hydroxylation is 1. The van der Waals surface area contributed by atoms with Crippen LogP contribution in [0, 0.1) is 6.92 Å². The zero-order chi connectivity index (χ0) is 13.1. The van der Waals surface area contributed by atoms with E-state index in [-0.39, 0.29) is 11.7 Å². The summed E-state index contributed by atoms with van der Waals surface area (Å²) in [4.78, 5) is 14.1. The number of carbonyl (C=O) groups is 1. The van der Waals surface area contributed by atoms with Gasteiger partial charge in [0.1, 0.15) is 5.75 Å². The van der Waals surface area contributed by atoms with Gasteiger partial charge in [0.05, 0.1) is 5.56 Å². The van der Waals surface area contributed by atoms with Gasteiger partial charge in [-0.1, -0.05) is 11.6 Å². The number of phenols is 1. The van der Waals surface area contributed by atoms with Crippen molar-refractivity contribution in [3.8, 4) is 5.75 Å². The van der Waals surface area contributed by atoms with Gasteiger partial charge in [-0.25, -0.2) is 0 Å². The second-order valence-electron chi connectivity index (χ2n) is 4.88. The third-order valence-electron chi connectivity index (χ3n) is 3.57. The molecule has 0 aliphatic carbocycles. The highest BCUT2D eigenvalue weighted by atomic mass is 16.3. The third-order valence-corrected chi connectivity index (χ3v) is 3.57. The molecular weight excluding hydrogens is 228 g/mol. The Kier molecular flexibility index (Phi) is 3.87. The molecular formula is C14H20N2O2. The number of hydrogen-bond donors (Lipinski definition) is 2. The first-order valence-electron chi connectivity index (χ1n) is 6.38. The number of carbonyl (C=O) groups excluding carboxylic acids is 1. The first-order chi connectivity index (χ1) is 8.61. The minimum atomic E-state index is -0.0641. The normalized spacial score (nSPS) is 16.9. The molecule has 1 fully saturated rings. The first kappa shape index (κ1) is 12.9. The zero-order valence-electron chi connectivity index (χ0n) is 10.9. The fraction of sp³-hybridized carbons (Fsp3) is 0.500. The number of aromatic hydroxyl groups is 1. The van der Waals surface area contributed by atoms with E-state index in [2.05, 4.69) is 5.32 Å². The monoisotopic (exact) mass is 248 g/mol. The van der Waals surface area contributed by atoms with Gasteiger partial charge in [-0.3, -0.25) is 4.79 Å². The van der Waals surface area contributed by atoms with Crippen LogP contribution in [0.3, 0.4) is 0 Å². The molecule has 1 aromatic carbocycles. The molecule has 1 aliphatic heterocycles. The van der Waals surface area contributed by atoms with Crippen molar-refractivity contribution >= 4 is 5.91 Å². The molecule has 1 heterocycles. The van der Waals surface area contributed by atoms with E-state index in [1.54, 1.807) is 18.2 Å². The highest BCUT2D eigenvalue weighted by Crippen LogP contribution is 2.22. The Labute approximate surface area is 108 Å². The molecule has 4 nitrogen and oxygen atoms in total. The number of nitrogens with one attached hydrogen (secondary N) is 1. The molecule has 0 bridgehead atoms. The molecule has 2 rings (SSSR count). The number of phenolic OH excluding ortho intramolecular Hbond substituents is 1. The summed E-state index contributed by atoms with van der Waals surface area (Å²) in [5.41, 5.74) is 1.40. The van der Waals surface area contributed by atoms with E-state index in [0.717, 1.165) is 31.5 Å². The van der Waals surface area contributed by atoms with E-state index in [9.17, 15) is 9.90 Å². The van der Waals surface area contributed by atoms with Crippen LogP contribution in [0.25, 0.3) is 0 Å². The molecule has 0 unspecified atom stereocenters. The largest absolute Gasteiger partial charge is 0.507 e. The molecule has 1 aromatic rings. The molecule has 0 atom stereocenters. The molecule has 4 heteroatoms. The summed E-state index contributed by atoms with van der Waals surface area (Å²) in [6.45, 7) is 3.42. The van der Waals surface area contributed by atoms with Gasteiger partial charge in [0, 0.05) is 19.1 Å². The molecule has 1 saturated heterocycles. The van der Waals surface area contributed by atoms with Crippen molar-refractivity contribution in [1.82, 2.24) is 10.2 Å².